The minimum atomic E-state index is -0.238. The highest BCUT2D eigenvalue weighted by Gasteiger charge is 2.11. The second kappa shape index (κ2) is 5.99. The highest BCUT2D eigenvalue weighted by Crippen LogP contribution is 2.09. The average molecular weight is 288 g/mol. The van der Waals surface area contributed by atoms with Crippen LogP contribution in [0.4, 0.5) is 4.39 Å². The van der Waals surface area contributed by atoms with Gasteiger partial charge in [0.2, 0.25) is 5.91 Å². The number of carbonyl (C=O) groups is 1. The Morgan fingerprint density at radius 2 is 2.25 bits per heavy atom. The minimum Gasteiger partial charge on any atom is -0.351 e. The molecule has 1 unspecified atom stereocenters. The Balaban J connectivity index is 2.55. The zero-order valence-corrected chi connectivity index (χ0v) is 11.0. The number of amides is 1. The number of nitrogens with one attached hydrogen (secondary N) is 1. The van der Waals surface area contributed by atoms with E-state index < -0.39 is 0 Å². The van der Waals surface area contributed by atoms with E-state index in [1.54, 1.807) is 13.0 Å². The maximum absolute atomic E-state index is 13.2. The molecule has 0 saturated heterocycles. The van der Waals surface area contributed by atoms with E-state index in [9.17, 15) is 9.18 Å². The van der Waals surface area contributed by atoms with Gasteiger partial charge in [-0.05, 0) is 30.5 Å². The molecule has 1 atom stereocenters. The fraction of sp³-hybridized carbons (Fsp3) is 0.417. The van der Waals surface area contributed by atoms with Crippen LogP contribution in [0.2, 0.25) is 0 Å². The monoisotopic (exact) mass is 287 g/mol. The van der Waals surface area contributed by atoms with Gasteiger partial charge in [-0.1, -0.05) is 35.0 Å². The summed E-state index contributed by atoms with van der Waals surface area (Å²) in [5, 5.41) is 2.74. The van der Waals surface area contributed by atoms with Gasteiger partial charge >= 0.3 is 0 Å². The first kappa shape index (κ1) is 13.2. The largest absolute Gasteiger partial charge is 0.351 e. The molecule has 0 heterocycles. The Bertz CT molecular complexity index is 381. The summed E-state index contributed by atoms with van der Waals surface area (Å²) >= 11 is 3.26. The highest BCUT2D eigenvalue weighted by molar-refractivity contribution is 9.10. The molecule has 0 spiro atoms. The molecule has 0 aromatic heterocycles. The molecule has 2 nitrogen and oxygen atoms in total. The van der Waals surface area contributed by atoms with Crippen LogP contribution >= 0.6 is 15.9 Å². The summed E-state index contributed by atoms with van der Waals surface area (Å²) in [6.45, 7) is 3.99. The highest BCUT2D eigenvalue weighted by atomic mass is 79.9. The number of benzene rings is 1. The van der Waals surface area contributed by atoms with Crippen LogP contribution in [0.3, 0.4) is 0 Å². The summed E-state index contributed by atoms with van der Waals surface area (Å²) in [6, 6.07) is 4.97. The van der Waals surface area contributed by atoms with Gasteiger partial charge in [-0.2, -0.15) is 0 Å². The van der Waals surface area contributed by atoms with Crippen LogP contribution in [0.25, 0.3) is 0 Å². The van der Waals surface area contributed by atoms with Crippen LogP contribution in [-0.2, 0) is 11.3 Å². The summed E-state index contributed by atoms with van der Waals surface area (Å²) in [7, 11) is 0. The van der Waals surface area contributed by atoms with Crippen LogP contribution in [-0.4, -0.2) is 10.7 Å². The van der Waals surface area contributed by atoms with Crippen LogP contribution < -0.4 is 5.32 Å². The van der Waals surface area contributed by atoms with Crippen molar-refractivity contribution in [1.82, 2.24) is 5.32 Å². The van der Waals surface area contributed by atoms with Crippen molar-refractivity contribution in [3.8, 4) is 0 Å². The van der Waals surface area contributed by atoms with Crippen molar-refractivity contribution in [2.24, 2.45) is 0 Å². The number of hydrogen-bond acceptors (Lipinski definition) is 1. The van der Waals surface area contributed by atoms with E-state index in [1.165, 1.54) is 6.07 Å². The zero-order chi connectivity index (χ0) is 12.1. The summed E-state index contributed by atoms with van der Waals surface area (Å²) in [6.07, 6.45) is 0.730. The lowest BCUT2D eigenvalue weighted by molar-refractivity contribution is -0.120. The number of rotatable bonds is 4. The summed E-state index contributed by atoms with van der Waals surface area (Å²) < 4.78 is 13.2. The normalized spacial score (nSPS) is 12.2. The molecule has 0 saturated carbocycles. The number of alkyl halides is 1. The molecule has 1 aromatic carbocycles. The van der Waals surface area contributed by atoms with Crippen LogP contribution in [0.1, 0.15) is 24.5 Å². The zero-order valence-electron chi connectivity index (χ0n) is 9.39. The van der Waals surface area contributed by atoms with Gasteiger partial charge in [0.15, 0.2) is 0 Å². The lowest BCUT2D eigenvalue weighted by Crippen LogP contribution is -2.30. The molecule has 1 aromatic rings. The van der Waals surface area contributed by atoms with Crippen molar-refractivity contribution in [3.05, 3.63) is 35.1 Å². The van der Waals surface area contributed by atoms with Crippen molar-refractivity contribution in [3.63, 3.8) is 0 Å². The van der Waals surface area contributed by atoms with Gasteiger partial charge in [-0.25, -0.2) is 4.39 Å². The Kier molecular flexibility index (Phi) is 4.93. The summed E-state index contributed by atoms with van der Waals surface area (Å²) in [5.41, 5.74) is 1.38. The smallest absolute Gasteiger partial charge is 0.234 e. The first-order valence-electron chi connectivity index (χ1n) is 5.21. The summed E-state index contributed by atoms with van der Waals surface area (Å²) in [5.74, 6) is -0.305. The number of hydrogen-bond donors (Lipinski definition) is 1. The molecule has 4 heteroatoms. The van der Waals surface area contributed by atoms with E-state index in [2.05, 4.69) is 21.2 Å². The van der Waals surface area contributed by atoms with Crippen molar-refractivity contribution < 1.29 is 9.18 Å². The number of carbonyl (C=O) groups excluding carboxylic acids is 1. The van der Waals surface area contributed by atoms with Gasteiger partial charge < -0.3 is 5.32 Å². The number of aryl methyl sites for hydroxylation is 1. The third kappa shape index (κ3) is 3.59. The molecular weight excluding hydrogens is 273 g/mol. The van der Waals surface area contributed by atoms with E-state index in [-0.39, 0.29) is 16.6 Å². The Morgan fingerprint density at radius 1 is 1.56 bits per heavy atom. The van der Waals surface area contributed by atoms with Gasteiger partial charge in [-0.15, -0.1) is 0 Å². The first-order valence-corrected chi connectivity index (χ1v) is 6.13. The molecule has 0 bridgehead atoms. The maximum atomic E-state index is 13.2. The van der Waals surface area contributed by atoms with Gasteiger partial charge in [0.25, 0.3) is 0 Å². The van der Waals surface area contributed by atoms with E-state index in [4.69, 9.17) is 0 Å². The van der Waals surface area contributed by atoms with Crippen molar-refractivity contribution in [2.45, 2.75) is 31.6 Å². The molecule has 1 rings (SSSR count). The molecule has 88 valence electrons. The predicted octanol–water partition coefficient (Wildman–Crippen LogP) is 2.92. The molecule has 1 amide bonds. The van der Waals surface area contributed by atoms with E-state index in [0.717, 1.165) is 12.0 Å². The molecular formula is C12H15BrFNO. The standard InChI is InChI=1S/C12H15BrFNO/c1-3-10(13)12(16)15-7-9-5-4-8(2)11(14)6-9/h4-6,10H,3,7H2,1-2H3,(H,15,16). The second-order valence-corrected chi connectivity index (χ2v) is 4.78. The number of halogens is 2. The van der Waals surface area contributed by atoms with Gasteiger partial charge in [0.1, 0.15) is 5.82 Å². The van der Waals surface area contributed by atoms with E-state index in [1.807, 2.05) is 13.0 Å². The van der Waals surface area contributed by atoms with Crippen LogP contribution in [0, 0.1) is 12.7 Å². The average Bonchev–Trinajstić information content (AvgIpc) is 2.29. The Hall–Kier alpha value is -0.900. The topological polar surface area (TPSA) is 29.1 Å². The second-order valence-electron chi connectivity index (χ2n) is 3.68. The van der Waals surface area contributed by atoms with Gasteiger partial charge in [0, 0.05) is 6.54 Å². The predicted molar refractivity (Wildman–Crippen MR) is 66.0 cm³/mol. The molecule has 1 N–H and O–H groups in total. The van der Waals surface area contributed by atoms with E-state index >= 15 is 0 Å². The molecule has 0 radical (unpaired) electrons. The quantitative estimate of drug-likeness (QED) is 0.848. The van der Waals surface area contributed by atoms with Gasteiger partial charge in [-0.3, -0.25) is 4.79 Å². The lowest BCUT2D eigenvalue weighted by Gasteiger charge is -2.09. The lowest BCUT2D eigenvalue weighted by atomic mass is 10.1. The molecule has 0 aliphatic rings. The summed E-state index contributed by atoms with van der Waals surface area (Å²) in [4.78, 5) is 11.3. The first-order chi connectivity index (χ1) is 7.54. The van der Waals surface area contributed by atoms with Crippen molar-refractivity contribution >= 4 is 21.8 Å². The SMILES string of the molecule is CCC(Br)C(=O)NCc1ccc(C)c(F)c1. The van der Waals surface area contributed by atoms with Gasteiger partial charge in [0.05, 0.1) is 4.83 Å². The Morgan fingerprint density at radius 3 is 2.81 bits per heavy atom. The molecule has 16 heavy (non-hydrogen) atoms. The van der Waals surface area contributed by atoms with Crippen LogP contribution in [0.5, 0.6) is 0 Å². The third-order valence-electron chi connectivity index (χ3n) is 2.35. The van der Waals surface area contributed by atoms with Crippen molar-refractivity contribution in [2.75, 3.05) is 0 Å². The third-order valence-corrected chi connectivity index (χ3v) is 3.41. The fourth-order valence-electron chi connectivity index (χ4n) is 1.23. The minimum absolute atomic E-state index is 0.0662. The van der Waals surface area contributed by atoms with Crippen LogP contribution in [0.15, 0.2) is 18.2 Å². The Labute approximate surface area is 103 Å². The van der Waals surface area contributed by atoms with Crippen molar-refractivity contribution in [1.29, 1.82) is 0 Å². The molecule has 0 aliphatic carbocycles. The maximum Gasteiger partial charge on any atom is 0.234 e. The van der Waals surface area contributed by atoms with E-state index in [0.29, 0.717) is 12.1 Å². The molecule has 0 aliphatic heterocycles. The molecule has 0 fully saturated rings. The fourth-order valence-corrected chi connectivity index (χ4v) is 1.39.